The van der Waals surface area contributed by atoms with E-state index in [-0.39, 0.29) is 0 Å². The van der Waals surface area contributed by atoms with Gasteiger partial charge in [-0.25, -0.2) is 0 Å². The number of hydrogen-bond donors (Lipinski definition) is 2. The Kier molecular flexibility index (Phi) is 2.80. The van der Waals surface area contributed by atoms with Crippen molar-refractivity contribution in [1.82, 2.24) is 15.1 Å². The lowest BCUT2D eigenvalue weighted by molar-refractivity contribution is -0.0314. The van der Waals surface area contributed by atoms with Crippen LogP contribution >= 0.6 is 0 Å². The smallest absolute Gasteiger partial charge is 0.0771 e. The van der Waals surface area contributed by atoms with Gasteiger partial charge in [-0.15, -0.1) is 0 Å². The van der Waals surface area contributed by atoms with Crippen molar-refractivity contribution in [3.63, 3.8) is 0 Å². The lowest BCUT2D eigenvalue weighted by Crippen LogP contribution is -2.46. The van der Waals surface area contributed by atoms with Gasteiger partial charge in [0.25, 0.3) is 0 Å². The molecule has 1 aromatic rings. The molecule has 0 aliphatic heterocycles. The normalized spacial score (nSPS) is 18.9. The van der Waals surface area contributed by atoms with Crippen LogP contribution in [0.2, 0.25) is 0 Å². The van der Waals surface area contributed by atoms with Gasteiger partial charge < -0.3 is 10.4 Å². The Labute approximate surface area is 90.3 Å². The van der Waals surface area contributed by atoms with Crippen molar-refractivity contribution >= 4 is 0 Å². The number of hydrogen-bond acceptors (Lipinski definition) is 3. The molecule has 1 aromatic heterocycles. The van der Waals surface area contributed by atoms with Crippen LogP contribution in [0.25, 0.3) is 0 Å². The number of aromatic nitrogens is 2. The standard InChI is InChI=1S/C11H19N3O/c1-9-10(7-14(2)13-9)6-12-8-11(15)4-3-5-11/h7,12,15H,3-6,8H2,1-2H3. The van der Waals surface area contributed by atoms with Crippen molar-refractivity contribution in [3.05, 3.63) is 17.5 Å². The highest BCUT2D eigenvalue weighted by Crippen LogP contribution is 2.30. The van der Waals surface area contributed by atoms with Crippen LogP contribution in [-0.4, -0.2) is 27.0 Å². The van der Waals surface area contributed by atoms with E-state index < -0.39 is 5.60 Å². The number of nitrogens with one attached hydrogen (secondary N) is 1. The van der Waals surface area contributed by atoms with Gasteiger partial charge in [0.1, 0.15) is 0 Å². The first-order chi connectivity index (χ1) is 7.09. The summed E-state index contributed by atoms with van der Waals surface area (Å²) in [6, 6.07) is 0. The summed E-state index contributed by atoms with van der Waals surface area (Å²) < 4.78 is 1.82. The Morgan fingerprint density at radius 3 is 2.80 bits per heavy atom. The molecule has 15 heavy (non-hydrogen) atoms. The molecule has 4 heteroatoms. The predicted octanol–water partition coefficient (Wildman–Crippen LogP) is 0.733. The van der Waals surface area contributed by atoms with Gasteiger partial charge >= 0.3 is 0 Å². The van der Waals surface area contributed by atoms with Crippen LogP contribution in [-0.2, 0) is 13.6 Å². The highest BCUT2D eigenvalue weighted by molar-refractivity contribution is 5.14. The fourth-order valence-corrected chi connectivity index (χ4v) is 2.01. The van der Waals surface area contributed by atoms with Crippen molar-refractivity contribution in [2.45, 2.75) is 38.3 Å². The van der Waals surface area contributed by atoms with Crippen LogP contribution in [0.5, 0.6) is 0 Å². The van der Waals surface area contributed by atoms with E-state index in [4.69, 9.17) is 0 Å². The van der Waals surface area contributed by atoms with E-state index in [1.54, 1.807) is 0 Å². The zero-order valence-electron chi connectivity index (χ0n) is 9.45. The van der Waals surface area contributed by atoms with Crippen LogP contribution in [0.1, 0.15) is 30.5 Å². The molecular weight excluding hydrogens is 190 g/mol. The highest BCUT2D eigenvalue weighted by atomic mass is 16.3. The molecule has 0 aromatic carbocycles. The first kappa shape index (κ1) is 10.6. The van der Waals surface area contributed by atoms with E-state index >= 15 is 0 Å². The number of rotatable bonds is 4. The monoisotopic (exact) mass is 209 g/mol. The molecule has 0 unspecified atom stereocenters. The van der Waals surface area contributed by atoms with E-state index in [9.17, 15) is 5.11 Å². The Morgan fingerprint density at radius 2 is 2.33 bits per heavy atom. The second-order valence-electron chi connectivity index (χ2n) is 4.59. The summed E-state index contributed by atoms with van der Waals surface area (Å²) in [5.41, 5.74) is 1.84. The van der Waals surface area contributed by atoms with Crippen molar-refractivity contribution in [3.8, 4) is 0 Å². The van der Waals surface area contributed by atoms with Gasteiger partial charge in [0.05, 0.1) is 11.3 Å². The van der Waals surface area contributed by atoms with Gasteiger partial charge in [0, 0.05) is 31.9 Å². The quantitative estimate of drug-likeness (QED) is 0.768. The summed E-state index contributed by atoms with van der Waals surface area (Å²) in [5.74, 6) is 0. The first-order valence-corrected chi connectivity index (χ1v) is 5.51. The molecule has 1 saturated carbocycles. The third-order valence-electron chi connectivity index (χ3n) is 3.17. The van der Waals surface area contributed by atoms with Crippen LogP contribution in [0, 0.1) is 6.92 Å². The summed E-state index contributed by atoms with van der Waals surface area (Å²) >= 11 is 0. The number of nitrogens with zero attached hydrogens (tertiary/aromatic N) is 2. The zero-order chi connectivity index (χ0) is 10.9. The van der Waals surface area contributed by atoms with E-state index in [1.165, 1.54) is 5.56 Å². The molecule has 84 valence electrons. The second kappa shape index (κ2) is 3.94. The van der Waals surface area contributed by atoms with Gasteiger partial charge in [-0.3, -0.25) is 4.68 Å². The molecule has 1 aliphatic rings. The minimum atomic E-state index is -0.434. The zero-order valence-corrected chi connectivity index (χ0v) is 9.45. The van der Waals surface area contributed by atoms with E-state index in [0.717, 1.165) is 31.5 Å². The third-order valence-corrected chi connectivity index (χ3v) is 3.17. The van der Waals surface area contributed by atoms with Gasteiger partial charge in [-0.1, -0.05) is 0 Å². The molecule has 0 saturated heterocycles. The highest BCUT2D eigenvalue weighted by Gasteiger charge is 2.33. The molecule has 1 fully saturated rings. The van der Waals surface area contributed by atoms with Crippen LogP contribution in [0.3, 0.4) is 0 Å². The molecule has 1 heterocycles. The molecule has 1 aliphatic carbocycles. The fourth-order valence-electron chi connectivity index (χ4n) is 2.01. The van der Waals surface area contributed by atoms with Crippen molar-refractivity contribution in [1.29, 1.82) is 0 Å². The van der Waals surface area contributed by atoms with E-state index in [1.807, 2.05) is 24.9 Å². The van der Waals surface area contributed by atoms with E-state index in [2.05, 4.69) is 10.4 Å². The molecule has 0 atom stereocenters. The molecule has 4 nitrogen and oxygen atoms in total. The maximum atomic E-state index is 9.88. The summed E-state index contributed by atoms with van der Waals surface area (Å²) in [6.07, 6.45) is 5.05. The van der Waals surface area contributed by atoms with Gasteiger partial charge in [-0.05, 0) is 26.2 Å². The largest absolute Gasteiger partial charge is 0.389 e. The topological polar surface area (TPSA) is 50.1 Å². The Hall–Kier alpha value is -0.870. The molecule has 0 radical (unpaired) electrons. The molecule has 2 N–H and O–H groups in total. The Bertz CT molecular complexity index is 342. The van der Waals surface area contributed by atoms with Crippen LogP contribution in [0.4, 0.5) is 0 Å². The molecule has 0 bridgehead atoms. The van der Waals surface area contributed by atoms with Gasteiger partial charge in [-0.2, -0.15) is 5.10 Å². The van der Waals surface area contributed by atoms with Crippen molar-refractivity contribution in [2.24, 2.45) is 7.05 Å². The summed E-state index contributed by atoms with van der Waals surface area (Å²) in [7, 11) is 1.93. The van der Waals surface area contributed by atoms with E-state index in [0.29, 0.717) is 6.54 Å². The minimum absolute atomic E-state index is 0.434. The Balaban J connectivity index is 1.80. The summed E-state index contributed by atoms with van der Waals surface area (Å²) in [5, 5.41) is 17.4. The number of aliphatic hydroxyl groups is 1. The van der Waals surface area contributed by atoms with Crippen LogP contribution in [0.15, 0.2) is 6.20 Å². The van der Waals surface area contributed by atoms with Crippen molar-refractivity contribution < 1.29 is 5.11 Å². The average Bonchev–Trinajstić information content (AvgIpc) is 2.42. The lowest BCUT2D eigenvalue weighted by atomic mass is 9.80. The third kappa shape index (κ3) is 2.38. The molecule has 2 rings (SSSR count). The maximum Gasteiger partial charge on any atom is 0.0771 e. The summed E-state index contributed by atoms with van der Waals surface area (Å²) in [4.78, 5) is 0. The van der Waals surface area contributed by atoms with Crippen LogP contribution < -0.4 is 5.32 Å². The summed E-state index contributed by atoms with van der Waals surface area (Å²) in [6.45, 7) is 3.50. The maximum absolute atomic E-state index is 9.88. The number of aryl methyl sites for hydroxylation is 2. The van der Waals surface area contributed by atoms with Crippen molar-refractivity contribution in [2.75, 3.05) is 6.54 Å². The molecule has 0 spiro atoms. The minimum Gasteiger partial charge on any atom is -0.389 e. The molecule has 0 amide bonds. The first-order valence-electron chi connectivity index (χ1n) is 5.51. The molecular formula is C11H19N3O. The average molecular weight is 209 g/mol. The van der Waals surface area contributed by atoms with Gasteiger partial charge in [0.2, 0.25) is 0 Å². The predicted molar refractivity (Wildman–Crippen MR) is 58.5 cm³/mol. The Morgan fingerprint density at radius 1 is 1.60 bits per heavy atom. The second-order valence-corrected chi connectivity index (χ2v) is 4.59. The van der Waals surface area contributed by atoms with Gasteiger partial charge in [0.15, 0.2) is 0 Å². The lowest BCUT2D eigenvalue weighted by Gasteiger charge is -2.36. The fraction of sp³-hybridized carbons (Fsp3) is 0.727. The SMILES string of the molecule is Cc1nn(C)cc1CNCC1(O)CCC1.